The highest BCUT2D eigenvalue weighted by Gasteiger charge is 2.42. The number of ether oxygens (including phenoxy) is 1. The van der Waals surface area contributed by atoms with Crippen molar-refractivity contribution in [3.63, 3.8) is 0 Å². The van der Waals surface area contributed by atoms with Gasteiger partial charge in [0, 0.05) is 37.8 Å². The fourth-order valence-corrected chi connectivity index (χ4v) is 3.65. The maximum atomic E-state index is 12.7. The van der Waals surface area contributed by atoms with E-state index in [1.54, 1.807) is 6.07 Å². The third-order valence-electron chi connectivity index (χ3n) is 4.91. The number of hydrogen-bond donors (Lipinski definition) is 0. The van der Waals surface area contributed by atoms with Crippen LogP contribution in [0.3, 0.4) is 0 Å². The van der Waals surface area contributed by atoms with Crippen LogP contribution in [0.5, 0.6) is 0 Å². The predicted octanol–water partition coefficient (Wildman–Crippen LogP) is 2.04. The Bertz CT molecular complexity index is 689. The Kier molecular flexibility index (Phi) is 3.98. The summed E-state index contributed by atoms with van der Waals surface area (Å²) < 4.78 is 10.9. The van der Waals surface area contributed by atoms with E-state index in [4.69, 9.17) is 9.15 Å². The van der Waals surface area contributed by atoms with Gasteiger partial charge in [0.15, 0.2) is 0 Å². The standard InChI is InChI=1S/C18H21N3O3/c22-17(15-4-9-23-11-15)21-8-10-24-14-18(13-21)5-7-20(12-18)16-3-1-2-6-19-16/h1-4,6,9,11H,5,7-8,10,12-14H2/t18-/m1/s1. The van der Waals surface area contributed by atoms with Crippen molar-refractivity contribution in [3.8, 4) is 0 Å². The Morgan fingerprint density at radius 1 is 1.21 bits per heavy atom. The second-order valence-corrected chi connectivity index (χ2v) is 6.65. The lowest BCUT2D eigenvalue weighted by atomic mass is 9.87. The van der Waals surface area contributed by atoms with Gasteiger partial charge in [-0.2, -0.15) is 0 Å². The molecule has 126 valence electrons. The van der Waals surface area contributed by atoms with E-state index in [1.165, 1.54) is 12.5 Å². The topological polar surface area (TPSA) is 58.8 Å². The van der Waals surface area contributed by atoms with Gasteiger partial charge in [-0.25, -0.2) is 4.98 Å². The molecule has 0 radical (unpaired) electrons. The minimum absolute atomic E-state index is 0.0184. The zero-order valence-electron chi connectivity index (χ0n) is 13.6. The minimum Gasteiger partial charge on any atom is -0.472 e. The number of furan rings is 1. The molecular formula is C18H21N3O3. The van der Waals surface area contributed by atoms with Gasteiger partial charge >= 0.3 is 0 Å². The van der Waals surface area contributed by atoms with Crippen LogP contribution in [0.15, 0.2) is 47.4 Å². The van der Waals surface area contributed by atoms with Gasteiger partial charge in [-0.15, -0.1) is 0 Å². The first kappa shape index (κ1) is 15.2. The van der Waals surface area contributed by atoms with Crippen LogP contribution in [0.25, 0.3) is 0 Å². The summed E-state index contributed by atoms with van der Waals surface area (Å²) >= 11 is 0. The quantitative estimate of drug-likeness (QED) is 0.845. The van der Waals surface area contributed by atoms with Gasteiger partial charge in [0.05, 0.1) is 25.0 Å². The summed E-state index contributed by atoms with van der Waals surface area (Å²) in [6, 6.07) is 7.68. The zero-order chi connectivity index (χ0) is 16.4. The molecule has 2 saturated heterocycles. The van der Waals surface area contributed by atoms with Crippen molar-refractivity contribution in [3.05, 3.63) is 48.6 Å². The van der Waals surface area contributed by atoms with Crippen LogP contribution in [0.1, 0.15) is 16.8 Å². The van der Waals surface area contributed by atoms with Crippen molar-refractivity contribution in [2.24, 2.45) is 5.41 Å². The lowest BCUT2D eigenvalue weighted by Crippen LogP contribution is -2.43. The highest BCUT2D eigenvalue weighted by atomic mass is 16.5. The molecule has 2 aliphatic heterocycles. The number of nitrogens with zero attached hydrogens (tertiary/aromatic N) is 3. The Morgan fingerprint density at radius 3 is 2.96 bits per heavy atom. The van der Waals surface area contributed by atoms with Gasteiger partial charge in [-0.1, -0.05) is 6.07 Å². The van der Waals surface area contributed by atoms with Crippen LogP contribution in [0, 0.1) is 5.41 Å². The molecule has 0 aromatic carbocycles. The van der Waals surface area contributed by atoms with Gasteiger partial charge in [0.2, 0.25) is 0 Å². The number of carbonyl (C=O) groups is 1. The van der Waals surface area contributed by atoms with E-state index in [-0.39, 0.29) is 11.3 Å². The summed E-state index contributed by atoms with van der Waals surface area (Å²) in [5.41, 5.74) is 0.569. The zero-order valence-corrected chi connectivity index (χ0v) is 13.6. The summed E-state index contributed by atoms with van der Waals surface area (Å²) in [7, 11) is 0. The second kappa shape index (κ2) is 6.28. The van der Waals surface area contributed by atoms with Crippen molar-refractivity contribution < 1.29 is 13.9 Å². The Morgan fingerprint density at radius 2 is 2.17 bits per heavy atom. The van der Waals surface area contributed by atoms with Crippen LogP contribution in [0.2, 0.25) is 0 Å². The monoisotopic (exact) mass is 327 g/mol. The molecule has 2 aromatic rings. The second-order valence-electron chi connectivity index (χ2n) is 6.65. The normalized spacial score (nSPS) is 24.3. The molecule has 2 fully saturated rings. The summed E-state index contributed by atoms with van der Waals surface area (Å²) in [5, 5.41) is 0. The number of anilines is 1. The molecule has 6 heteroatoms. The van der Waals surface area contributed by atoms with E-state index in [9.17, 15) is 4.79 Å². The smallest absolute Gasteiger partial charge is 0.257 e. The molecular weight excluding hydrogens is 306 g/mol. The maximum absolute atomic E-state index is 12.7. The van der Waals surface area contributed by atoms with Crippen LogP contribution >= 0.6 is 0 Å². The van der Waals surface area contributed by atoms with Gasteiger partial charge in [0.1, 0.15) is 12.1 Å². The van der Waals surface area contributed by atoms with E-state index in [1.807, 2.05) is 29.3 Å². The summed E-state index contributed by atoms with van der Waals surface area (Å²) in [6.07, 6.45) is 5.86. The lowest BCUT2D eigenvalue weighted by Gasteiger charge is -2.31. The first-order valence-corrected chi connectivity index (χ1v) is 8.31. The van der Waals surface area contributed by atoms with E-state index in [0.29, 0.717) is 31.9 Å². The van der Waals surface area contributed by atoms with Crippen molar-refractivity contribution in [2.75, 3.05) is 44.3 Å². The molecule has 0 aliphatic carbocycles. The maximum Gasteiger partial charge on any atom is 0.257 e. The third-order valence-corrected chi connectivity index (χ3v) is 4.91. The summed E-state index contributed by atoms with van der Waals surface area (Å²) in [5.74, 6) is 1.01. The molecule has 1 amide bonds. The van der Waals surface area contributed by atoms with Crippen LogP contribution in [0.4, 0.5) is 5.82 Å². The third kappa shape index (κ3) is 2.89. The van der Waals surface area contributed by atoms with E-state index in [0.717, 1.165) is 25.3 Å². The van der Waals surface area contributed by atoms with Crippen molar-refractivity contribution in [1.29, 1.82) is 0 Å². The average Bonchev–Trinajstić information content (AvgIpc) is 3.24. The molecule has 0 saturated carbocycles. The van der Waals surface area contributed by atoms with E-state index >= 15 is 0 Å². The molecule has 6 nitrogen and oxygen atoms in total. The first-order chi connectivity index (χ1) is 11.8. The number of pyridine rings is 1. The molecule has 0 N–H and O–H groups in total. The largest absolute Gasteiger partial charge is 0.472 e. The predicted molar refractivity (Wildman–Crippen MR) is 88.9 cm³/mol. The summed E-state index contributed by atoms with van der Waals surface area (Å²) in [6.45, 7) is 4.39. The van der Waals surface area contributed by atoms with Gasteiger partial charge in [-0.3, -0.25) is 4.79 Å². The number of hydrogen-bond acceptors (Lipinski definition) is 5. The Hall–Kier alpha value is -2.34. The average molecular weight is 327 g/mol. The molecule has 4 rings (SSSR count). The highest BCUT2D eigenvalue weighted by molar-refractivity contribution is 5.93. The van der Waals surface area contributed by atoms with E-state index < -0.39 is 0 Å². The van der Waals surface area contributed by atoms with Gasteiger partial charge < -0.3 is 19.0 Å². The molecule has 1 atom stereocenters. The van der Waals surface area contributed by atoms with Gasteiger partial charge in [0.25, 0.3) is 5.91 Å². The summed E-state index contributed by atoms with van der Waals surface area (Å²) in [4.78, 5) is 21.3. The van der Waals surface area contributed by atoms with Crippen molar-refractivity contribution in [1.82, 2.24) is 9.88 Å². The van der Waals surface area contributed by atoms with Gasteiger partial charge in [-0.05, 0) is 24.6 Å². The van der Waals surface area contributed by atoms with E-state index in [2.05, 4.69) is 9.88 Å². The fourth-order valence-electron chi connectivity index (χ4n) is 3.65. The molecule has 1 spiro atoms. The highest BCUT2D eigenvalue weighted by Crippen LogP contribution is 2.35. The van der Waals surface area contributed by atoms with Crippen molar-refractivity contribution in [2.45, 2.75) is 6.42 Å². The fraction of sp³-hybridized carbons (Fsp3) is 0.444. The van der Waals surface area contributed by atoms with Crippen LogP contribution < -0.4 is 4.90 Å². The number of amides is 1. The SMILES string of the molecule is O=C(c1ccoc1)N1CCOC[C@@]2(CCN(c3ccccn3)C2)C1. The number of aromatic nitrogens is 1. The number of carbonyl (C=O) groups excluding carboxylic acids is 1. The van der Waals surface area contributed by atoms with Crippen LogP contribution in [-0.2, 0) is 4.74 Å². The minimum atomic E-state index is -0.0343. The first-order valence-electron chi connectivity index (χ1n) is 8.31. The van der Waals surface area contributed by atoms with Crippen LogP contribution in [-0.4, -0.2) is 55.2 Å². The number of rotatable bonds is 2. The van der Waals surface area contributed by atoms with Crippen molar-refractivity contribution >= 4 is 11.7 Å². The Labute approximate surface area is 141 Å². The molecule has 2 aromatic heterocycles. The lowest BCUT2D eigenvalue weighted by molar-refractivity contribution is 0.0690. The molecule has 0 bridgehead atoms. The Balaban J connectivity index is 1.51. The molecule has 0 unspecified atom stereocenters. The molecule has 2 aliphatic rings. The molecule has 24 heavy (non-hydrogen) atoms. The molecule has 4 heterocycles.